The second kappa shape index (κ2) is 9.10. The van der Waals surface area contributed by atoms with E-state index in [2.05, 4.69) is 55.2 Å². The lowest BCUT2D eigenvalue weighted by molar-refractivity contribution is 0.529. The number of fused-ring (bicyclic) bond motifs is 6. The predicted octanol–water partition coefficient (Wildman–Crippen LogP) is 7.12. The van der Waals surface area contributed by atoms with Crippen LogP contribution in [0.4, 0.5) is 4.39 Å². The van der Waals surface area contributed by atoms with E-state index in [0.29, 0.717) is 27.9 Å². The van der Waals surface area contributed by atoms with Gasteiger partial charge in [0.2, 0.25) is 0 Å². The van der Waals surface area contributed by atoms with Crippen molar-refractivity contribution in [1.29, 1.82) is 5.26 Å². The van der Waals surface area contributed by atoms with Crippen LogP contribution >= 0.6 is 0 Å². The van der Waals surface area contributed by atoms with E-state index in [1.165, 1.54) is 0 Å². The molecule has 2 aromatic heterocycles. The van der Waals surface area contributed by atoms with Gasteiger partial charge in [0.25, 0.3) is 0 Å². The van der Waals surface area contributed by atoms with E-state index in [-0.39, 0.29) is 27.7 Å². The molecule has 3 nitrogen and oxygen atoms in total. The first kappa shape index (κ1) is 27.1. The molecule has 0 bridgehead atoms. The van der Waals surface area contributed by atoms with Crippen LogP contribution in [0.1, 0.15) is 56.9 Å². The molecule has 202 valence electrons. The van der Waals surface area contributed by atoms with Crippen LogP contribution in [0.3, 0.4) is 0 Å². The molecule has 4 radical (unpaired) electrons. The highest BCUT2D eigenvalue weighted by Gasteiger charge is 2.36. The number of hydrogen-bond acceptors (Lipinski definition) is 3. The first-order chi connectivity index (χ1) is 20.4. The third kappa shape index (κ3) is 3.80. The Hall–Kier alpha value is -4.80. The van der Waals surface area contributed by atoms with Crippen molar-refractivity contribution in [2.75, 3.05) is 0 Å². The van der Waals surface area contributed by atoms with Crippen LogP contribution < -0.4 is 11.1 Å². The van der Waals surface area contributed by atoms with Crippen LogP contribution in [0.25, 0.3) is 55.4 Å². The third-order valence-electron chi connectivity index (χ3n) is 8.69. The van der Waals surface area contributed by atoms with Crippen LogP contribution in [0, 0.1) is 29.3 Å². The minimum Gasteiger partial charge on any atom is -0.455 e. The molecule has 0 saturated heterocycles. The average molecular weight is 554 g/mol. The van der Waals surface area contributed by atoms with Gasteiger partial charge >= 0.3 is 0 Å². The molecule has 6 aromatic rings. The number of hydrogen-bond donors (Lipinski definition) is 0. The summed E-state index contributed by atoms with van der Waals surface area (Å²) in [6.45, 7) is 9.96. The number of benzene rings is 3. The van der Waals surface area contributed by atoms with Gasteiger partial charge in [0, 0.05) is 38.4 Å². The Bertz CT molecular complexity index is 2200. The maximum Gasteiger partial charge on any atom is 0.144 e. The summed E-state index contributed by atoms with van der Waals surface area (Å²) in [6.07, 6.45) is 0. The molecule has 6 heteroatoms. The summed E-state index contributed by atoms with van der Waals surface area (Å²) in [7, 11) is 12.7. The maximum absolute atomic E-state index is 15.6. The zero-order valence-electron chi connectivity index (χ0n) is 24.6. The van der Waals surface area contributed by atoms with Crippen molar-refractivity contribution >= 4 is 48.7 Å². The maximum atomic E-state index is 15.6. The summed E-state index contributed by atoms with van der Waals surface area (Å²) in [4.78, 5) is 4.57. The number of nitriles is 1. The van der Waals surface area contributed by atoms with Crippen molar-refractivity contribution in [3.63, 3.8) is 0 Å². The number of halogens is 1. The summed E-state index contributed by atoms with van der Waals surface area (Å²) < 4.78 is 22.3. The molecule has 1 aliphatic rings. The van der Waals surface area contributed by atoms with Gasteiger partial charge in [-0.25, -0.2) is 4.39 Å². The molecular formula is C37H25B2FN2O. The Labute approximate surface area is 253 Å². The molecule has 7 rings (SSSR count). The molecule has 0 fully saturated rings. The van der Waals surface area contributed by atoms with Gasteiger partial charge in [0.05, 0.1) is 17.3 Å². The van der Waals surface area contributed by atoms with Gasteiger partial charge in [-0.1, -0.05) is 71.0 Å². The van der Waals surface area contributed by atoms with Crippen molar-refractivity contribution in [3.8, 4) is 39.6 Å². The van der Waals surface area contributed by atoms with Gasteiger partial charge in [0.15, 0.2) is 0 Å². The van der Waals surface area contributed by atoms with Crippen LogP contribution in [-0.4, -0.2) is 20.7 Å². The second-order valence-corrected chi connectivity index (χ2v) is 12.7. The lowest BCUT2D eigenvalue weighted by Crippen LogP contribution is -2.34. The minimum atomic E-state index is -0.579. The second-order valence-electron chi connectivity index (χ2n) is 12.7. The van der Waals surface area contributed by atoms with Gasteiger partial charge in [-0.05, 0) is 75.1 Å². The van der Waals surface area contributed by atoms with E-state index in [9.17, 15) is 5.26 Å². The van der Waals surface area contributed by atoms with Gasteiger partial charge in [-0.3, -0.25) is 4.98 Å². The Balaban J connectivity index is 1.48. The molecule has 0 aliphatic heterocycles. The van der Waals surface area contributed by atoms with E-state index in [1.807, 2.05) is 57.2 Å². The normalized spacial score (nSPS) is 13.5. The van der Waals surface area contributed by atoms with Gasteiger partial charge < -0.3 is 4.42 Å². The zero-order chi connectivity index (χ0) is 30.4. The first-order valence-corrected chi connectivity index (χ1v) is 14.1. The topological polar surface area (TPSA) is 49.8 Å². The summed E-state index contributed by atoms with van der Waals surface area (Å²) >= 11 is 0. The Kier molecular flexibility index (Phi) is 5.72. The Morgan fingerprint density at radius 3 is 2.47 bits per heavy atom. The van der Waals surface area contributed by atoms with Crippen LogP contribution in [0.15, 0.2) is 65.1 Å². The van der Waals surface area contributed by atoms with Crippen molar-refractivity contribution < 1.29 is 8.81 Å². The van der Waals surface area contributed by atoms with E-state index in [1.54, 1.807) is 6.07 Å². The largest absolute Gasteiger partial charge is 0.455 e. The number of para-hydroxylation sites is 1. The fourth-order valence-electron chi connectivity index (χ4n) is 6.63. The van der Waals surface area contributed by atoms with Crippen molar-refractivity contribution in [3.05, 3.63) is 101 Å². The predicted molar refractivity (Wildman–Crippen MR) is 172 cm³/mol. The lowest BCUT2D eigenvalue weighted by atomic mass is 9.76. The standard InChI is InChI=1S/C37H25B2FN2O/c1-36(2,3)29-31(40)30(38)32(42-35(29)39)25-11-8-10-23-24-16-14-20(18-41)28(34(24)43-33(23)25)19-13-15-22-21-9-6-7-12-26(21)37(4,5)27(22)17-19/h6,8-11,13-17H,1-5H3. The Morgan fingerprint density at radius 2 is 1.72 bits per heavy atom. The minimum absolute atomic E-state index is 0.0838. The van der Waals surface area contributed by atoms with Crippen LogP contribution in [0.5, 0.6) is 0 Å². The summed E-state index contributed by atoms with van der Waals surface area (Å²) in [6, 6.07) is 28.3. The monoisotopic (exact) mass is 554 g/mol. The molecular weight excluding hydrogens is 529 g/mol. The quantitative estimate of drug-likeness (QED) is 0.214. The molecule has 0 unspecified atom stereocenters. The SMILES string of the molecule is [B]c1nc(-c2cccc3c2oc2c(-c4ccc5c(c4)C(C)(C)c4c#cccc4-5)c(C#N)ccc23)c([B])c(F)c1C(C)(C)C. The van der Waals surface area contributed by atoms with E-state index < -0.39 is 11.2 Å². The molecule has 2 heterocycles. The number of pyridine rings is 1. The van der Waals surface area contributed by atoms with Gasteiger partial charge in [0.1, 0.15) is 32.7 Å². The number of nitrogens with zero attached hydrogens (tertiary/aromatic N) is 2. The molecule has 0 spiro atoms. The highest BCUT2D eigenvalue weighted by atomic mass is 19.1. The van der Waals surface area contributed by atoms with E-state index >= 15 is 4.39 Å². The highest BCUT2D eigenvalue weighted by Crippen LogP contribution is 2.50. The molecule has 4 aromatic carbocycles. The first-order valence-electron chi connectivity index (χ1n) is 14.1. The average Bonchev–Trinajstić information content (AvgIpc) is 3.46. The van der Waals surface area contributed by atoms with Crippen molar-refractivity contribution in [2.45, 2.75) is 45.4 Å². The fraction of sp³-hybridized carbons (Fsp3) is 0.189. The smallest absolute Gasteiger partial charge is 0.144 e. The third-order valence-corrected chi connectivity index (χ3v) is 8.69. The molecule has 0 N–H and O–H groups in total. The van der Waals surface area contributed by atoms with Crippen LogP contribution in [0.2, 0.25) is 0 Å². The van der Waals surface area contributed by atoms with Gasteiger partial charge in [-0.15, -0.1) is 0 Å². The van der Waals surface area contributed by atoms with Gasteiger partial charge in [-0.2, -0.15) is 5.26 Å². The van der Waals surface area contributed by atoms with Crippen molar-refractivity contribution in [1.82, 2.24) is 4.98 Å². The number of furan rings is 1. The number of rotatable bonds is 2. The Morgan fingerprint density at radius 1 is 0.953 bits per heavy atom. The van der Waals surface area contributed by atoms with Crippen molar-refractivity contribution in [2.24, 2.45) is 0 Å². The zero-order valence-corrected chi connectivity index (χ0v) is 24.6. The highest BCUT2D eigenvalue weighted by molar-refractivity contribution is 6.38. The molecule has 1 aliphatic carbocycles. The van der Waals surface area contributed by atoms with E-state index in [0.717, 1.165) is 38.6 Å². The molecule has 43 heavy (non-hydrogen) atoms. The van der Waals surface area contributed by atoms with E-state index in [4.69, 9.17) is 20.1 Å². The summed E-state index contributed by atoms with van der Waals surface area (Å²) in [5.74, 6) is -0.577. The molecule has 0 atom stereocenters. The molecule has 0 saturated carbocycles. The summed E-state index contributed by atoms with van der Waals surface area (Å²) in [5.41, 5.74) is 7.82. The lowest BCUT2D eigenvalue weighted by Gasteiger charge is -2.24. The van der Waals surface area contributed by atoms with Crippen LogP contribution in [-0.2, 0) is 10.8 Å². The number of aromatic nitrogens is 1. The summed E-state index contributed by atoms with van der Waals surface area (Å²) in [5, 5.41) is 11.8. The fourth-order valence-corrected chi connectivity index (χ4v) is 6.63. The molecule has 0 amide bonds.